The second-order valence-electron chi connectivity index (χ2n) is 7.14. The molecule has 0 spiro atoms. The number of hydrogen-bond donors (Lipinski definition) is 0. The van der Waals surface area contributed by atoms with E-state index < -0.39 is 0 Å². The van der Waals surface area contributed by atoms with Crippen molar-refractivity contribution >= 4 is 17.3 Å². The molecule has 1 fully saturated rings. The second-order valence-corrected chi connectivity index (χ2v) is 7.55. The summed E-state index contributed by atoms with van der Waals surface area (Å²) >= 11 is 6.17. The lowest BCUT2D eigenvalue weighted by molar-refractivity contribution is 0.138. The molecule has 2 aromatic rings. The normalized spacial score (nSPS) is 18.6. The van der Waals surface area contributed by atoms with E-state index in [0.717, 1.165) is 36.8 Å². The summed E-state index contributed by atoms with van der Waals surface area (Å²) in [7, 11) is 4.98. The fourth-order valence-corrected chi connectivity index (χ4v) is 4.13. The van der Waals surface area contributed by atoms with Gasteiger partial charge in [-0.2, -0.15) is 0 Å². The third-order valence-corrected chi connectivity index (χ3v) is 5.88. The molecule has 0 amide bonds. The summed E-state index contributed by atoms with van der Waals surface area (Å²) < 4.78 is 16.2. The Hall–Kier alpha value is -2.11. The van der Waals surface area contributed by atoms with Crippen molar-refractivity contribution in [2.75, 3.05) is 45.9 Å². The van der Waals surface area contributed by atoms with Crippen molar-refractivity contribution in [3.63, 3.8) is 0 Å². The SMILES string of the molecule is COc1cc(N2CCN(C(C)c3ccc(OC)c(OC)c3)[C@@H](C)C2)ccc1Cl. The monoisotopic (exact) mass is 404 g/mol. The zero-order valence-electron chi connectivity index (χ0n) is 17.2. The summed E-state index contributed by atoms with van der Waals surface area (Å²) in [4.78, 5) is 4.92. The maximum Gasteiger partial charge on any atom is 0.161 e. The minimum atomic E-state index is 0.289. The van der Waals surface area contributed by atoms with E-state index in [1.54, 1.807) is 21.3 Å². The van der Waals surface area contributed by atoms with Crippen molar-refractivity contribution in [1.82, 2.24) is 4.90 Å². The highest BCUT2D eigenvalue weighted by Gasteiger charge is 2.28. The van der Waals surface area contributed by atoms with E-state index in [1.807, 2.05) is 18.2 Å². The maximum atomic E-state index is 6.17. The molecule has 5 nitrogen and oxygen atoms in total. The van der Waals surface area contributed by atoms with Crippen molar-refractivity contribution < 1.29 is 14.2 Å². The number of rotatable bonds is 6. The van der Waals surface area contributed by atoms with E-state index >= 15 is 0 Å². The Labute approximate surface area is 172 Å². The van der Waals surface area contributed by atoms with Crippen LogP contribution in [0.15, 0.2) is 36.4 Å². The Bertz CT molecular complexity index is 814. The van der Waals surface area contributed by atoms with E-state index in [1.165, 1.54) is 5.56 Å². The number of nitrogens with zero attached hydrogens (tertiary/aromatic N) is 2. The van der Waals surface area contributed by atoms with Gasteiger partial charge in [-0.1, -0.05) is 17.7 Å². The highest BCUT2D eigenvalue weighted by Crippen LogP contribution is 2.34. The zero-order chi connectivity index (χ0) is 20.3. The molecule has 0 saturated carbocycles. The molecule has 1 saturated heterocycles. The smallest absolute Gasteiger partial charge is 0.161 e. The topological polar surface area (TPSA) is 34.2 Å². The molecule has 28 heavy (non-hydrogen) atoms. The molecule has 1 unspecified atom stereocenters. The Balaban J connectivity index is 1.73. The quantitative estimate of drug-likeness (QED) is 0.700. The van der Waals surface area contributed by atoms with Gasteiger partial charge in [-0.3, -0.25) is 4.90 Å². The lowest BCUT2D eigenvalue weighted by Gasteiger charge is -2.44. The first-order valence-electron chi connectivity index (χ1n) is 9.54. The third kappa shape index (κ3) is 4.15. The summed E-state index contributed by atoms with van der Waals surface area (Å²) in [6, 6.07) is 12.8. The molecule has 1 aliphatic heterocycles. The predicted octanol–water partition coefficient (Wildman–Crippen LogP) is 4.64. The van der Waals surface area contributed by atoms with Crippen molar-refractivity contribution in [1.29, 1.82) is 0 Å². The Kier molecular flexibility index (Phi) is 6.57. The van der Waals surface area contributed by atoms with Crippen molar-refractivity contribution in [2.24, 2.45) is 0 Å². The molecular weight excluding hydrogens is 376 g/mol. The highest BCUT2D eigenvalue weighted by molar-refractivity contribution is 6.32. The largest absolute Gasteiger partial charge is 0.495 e. The summed E-state index contributed by atoms with van der Waals surface area (Å²) in [6.45, 7) is 7.39. The van der Waals surface area contributed by atoms with Gasteiger partial charge in [0.25, 0.3) is 0 Å². The van der Waals surface area contributed by atoms with Gasteiger partial charge in [-0.25, -0.2) is 0 Å². The lowest BCUT2D eigenvalue weighted by Crippen LogP contribution is -2.52. The lowest BCUT2D eigenvalue weighted by atomic mass is 10.0. The van der Waals surface area contributed by atoms with E-state index in [2.05, 4.69) is 41.8 Å². The molecule has 2 atom stereocenters. The van der Waals surface area contributed by atoms with E-state index in [-0.39, 0.29) is 6.04 Å². The van der Waals surface area contributed by atoms with Crippen LogP contribution >= 0.6 is 11.6 Å². The van der Waals surface area contributed by atoms with Crippen LogP contribution in [0.4, 0.5) is 5.69 Å². The maximum absolute atomic E-state index is 6.17. The van der Waals surface area contributed by atoms with Gasteiger partial charge in [0.15, 0.2) is 11.5 Å². The first-order valence-corrected chi connectivity index (χ1v) is 9.92. The summed E-state index contributed by atoms with van der Waals surface area (Å²) in [6.07, 6.45) is 0. The molecule has 2 aromatic carbocycles. The van der Waals surface area contributed by atoms with Gasteiger partial charge in [0.1, 0.15) is 5.75 Å². The molecule has 0 N–H and O–H groups in total. The van der Waals surface area contributed by atoms with Gasteiger partial charge in [0, 0.05) is 43.5 Å². The number of hydrogen-bond acceptors (Lipinski definition) is 5. The van der Waals surface area contributed by atoms with Crippen LogP contribution in [0.25, 0.3) is 0 Å². The van der Waals surface area contributed by atoms with Gasteiger partial charge in [0.05, 0.1) is 26.4 Å². The summed E-state index contributed by atoms with van der Waals surface area (Å²) in [5.74, 6) is 2.24. The molecular formula is C22H29ClN2O3. The van der Waals surface area contributed by atoms with E-state index in [9.17, 15) is 0 Å². The molecule has 0 radical (unpaired) electrons. The standard InChI is InChI=1S/C22H29ClN2O3/c1-15-14-24(18-7-8-19(23)21(13-18)27-4)10-11-25(15)16(2)17-6-9-20(26-3)22(12-17)28-5/h6-9,12-13,15-16H,10-11,14H2,1-5H3/t15-,16?/m0/s1. The number of piperazine rings is 1. The van der Waals surface area contributed by atoms with E-state index in [4.69, 9.17) is 25.8 Å². The van der Waals surface area contributed by atoms with Crippen LogP contribution in [-0.2, 0) is 0 Å². The number of methoxy groups -OCH3 is 3. The second kappa shape index (κ2) is 8.93. The Morgan fingerprint density at radius 1 is 0.929 bits per heavy atom. The van der Waals surface area contributed by atoms with Crippen molar-refractivity contribution in [3.05, 3.63) is 47.0 Å². The summed E-state index contributed by atoms with van der Waals surface area (Å²) in [5, 5.41) is 0.639. The van der Waals surface area contributed by atoms with Gasteiger partial charge in [-0.15, -0.1) is 0 Å². The van der Waals surface area contributed by atoms with Crippen molar-refractivity contribution in [2.45, 2.75) is 25.9 Å². The van der Waals surface area contributed by atoms with Crippen LogP contribution in [0.5, 0.6) is 17.2 Å². The molecule has 1 heterocycles. The molecule has 0 bridgehead atoms. The molecule has 152 valence electrons. The number of ether oxygens (including phenoxy) is 3. The zero-order valence-corrected chi connectivity index (χ0v) is 18.0. The summed E-state index contributed by atoms with van der Waals surface area (Å²) in [5.41, 5.74) is 2.37. The van der Waals surface area contributed by atoms with Gasteiger partial charge < -0.3 is 19.1 Å². The molecule has 0 aromatic heterocycles. The van der Waals surface area contributed by atoms with Crippen LogP contribution in [-0.4, -0.2) is 51.9 Å². The number of anilines is 1. The predicted molar refractivity (Wildman–Crippen MR) is 114 cm³/mol. The highest BCUT2D eigenvalue weighted by atomic mass is 35.5. The number of halogens is 1. The molecule has 3 rings (SSSR count). The number of benzene rings is 2. The minimum Gasteiger partial charge on any atom is -0.495 e. The fraction of sp³-hybridized carbons (Fsp3) is 0.455. The molecule has 6 heteroatoms. The first-order chi connectivity index (χ1) is 13.5. The third-order valence-electron chi connectivity index (χ3n) is 5.57. The van der Waals surface area contributed by atoms with Crippen LogP contribution in [0, 0.1) is 0 Å². The molecule has 1 aliphatic rings. The van der Waals surface area contributed by atoms with E-state index in [0.29, 0.717) is 16.8 Å². The van der Waals surface area contributed by atoms with Crippen LogP contribution in [0.3, 0.4) is 0 Å². The Morgan fingerprint density at radius 3 is 2.29 bits per heavy atom. The fourth-order valence-electron chi connectivity index (χ4n) is 3.93. The van der Waals surface area contributed by atoms with Crippen LogP contribution in [0.2, 0.25) is 5.02 Å². The average Bonchev–Trinajstić information content (AvgIpc) is 2.73. The average molecular weight is 405 g/mol. The van der Waals surface area contributed by atoms with Gasteiger partial charge >= 0.3 is 0 Å². The molecule has 0 aliphatic carbocycles. The van der Waals surface area contributed by atoms with Crippen LogP contribution < -0.4 is 19.1 Å². The minimum absolute atomic E-state index is 0.289. The van der Waals surface area contributed by atoms with Gasteiger partial charge in [0.2, 0.25) is 0 Å². The first kappa shape index (κ1) is 20.6. The van der Waals surface area contributed by atoms with Gasteiger partial charge in [-0.05, 0) is 43.7 Å². The Morgan fingerprint density at radius 2 is 1.64 bits per heavy atom. The van der Waals surface area contributed by atoms with Crippen molar-refractivity contribution in [3.8, 4) is 17.2 Å². The van der Waals surface area contributed by atoms with Crippen LogP contribution in [0.1, 0.15) is 25.5 Å².